The van der Waals surface area contributed by atoms with Crippen LogP contribution in [0.4, 0.5) is 0 Å². The van der Waals surface area contributed by atoms with E-state index in [1.807, 2.05) is 24.3 Å². The summed E-state index contributed by atoms with van der Waals surface area (Å²) in [6, 6.07) is 8.40. The van der Waals surface area contributed by atoms with Crippen LogP contribution in [0.2, 0.25) is 5.02 Å². The lowest BCUT2D eigenvalue weighted by atomic mass is 10.2. The highest BCUT2D eigenvalue weighted by molar-refractivity contribution is 6.30. The Kier molecular flexibility index (Phi) is 8.73. The maximum Gasteiger partial charge on any atom is 0.228 e. The van der Waals surface area contributed by atoms with Gasteiger partial charge in [-0.3, -0.25) is 9.89 Å². The second-order valence-corrected chi connectivity index (χ2v) is 7.56. The molecule has 0 radical (unpaired) electrons. The molecule has 8 heteroatoms. The summed E-state index contributed by atoms with van der Waals surface area (Å²) in [6.45, 7) is 11.3. The first-order valence-corrected chi connectivity index (χ1v) is 10.1. The SMILES string of the molecule is CN=C(NCCc1nc(-c2ccc(Cl)cc2)no1)NCCN(C(C)C)C(C)C. The molecule has 1 heterocycles. The molecule has 2 rings (SSSR count). The van der Waals surface area contributed by atoms with Gasteiger partial charge in [0.05, 0.1) is 0 Å². The lowest BCUT2D eigenvalue weighted by Crippen LogP contribution is -2.45. The van der Waals surface area contributed by atoms with Crippen LogP contribution in [0.5, 0.6) is 0 Å². The number of aromatic nitrogens is 2. The van der Waals surface area contributed by atoms with Gasteiger partial charge >= 0.3 is 0 Å². The normalized spacial score (nSPS) is 12.2. The predicted octanol–water partition coefficient (Wildman–Crippen LogP) is 3.22. The Bertz CT molecular complexity index is 733. The Balaban J connectivity index is 1.76. The van der Waals surface area contributed by atoms with E-state index in [1.165, 1.54) is 0 Å². The molecule has 2 N–H and O–H groups in total. The van der Waals surface area contributed by atoms with Gasteiger partial charge in [0.2, 0.25) is 11.7 Å². The van der Waals surface area contributed by atoms with Crippen LogP contribution in [-0.4, -0.2) is 59.8 Å². The average molecular weight is 407 g/mol. The third-order valence-electron chi connectivity index (χ3n) is 4.41. The minimum absolute atomic E-state index is 0.518. The Labute approximate surface area is 172 Å². The van der Waals surface area contributed by atoms with Crippen molar-refractivity contribution in [1.82, 2.24) is 25.7 Å². The van der Waals surface area contributed by atoms with Crippen LogP contribution in [0.1, 0.15) is 33.6 Å². The molecule has 2 aromatic rings. The summed E-state index contributed by atoms with van der Waals surface area (Å²) in [7, 11) is 1.77. The fourth-order valence-electron chi connectivity index (χ4n) is 3.00. The standard InChI is InChI=1S/C20H31ClN6O/c1-14(2)27(15(3)4)13-12-24-20(22-5)23-11-10-18-25-19(26-28-18)16-6-8-17(21)9-7-16/h6-9,14-15H,10-13H2,1-5H3,(H2,22,23,24). The lowest BCUT2D eigenvalue weighted by molar-refractivity contribution is 0.178. The molecule has 0 spiro atoms. The molecular weight excluding hydrogens is 376 g/mol. The number of halogens is 1. The van der Waals surface area contributed by atoms with Gasteiger partial charge in [0, 0.05) is 55.8 Å². The molecule has 0 unspecified atom stereocenters. The first kappa shape index (κ1) is 22.2. The molecular formula is C20H31ClN6O. The zero-order valence-corrected chi connectivity index (χ0v) is 18.1. The van der Waals surface area contributed by atoms with Crippen LogP contribution in [0.15, 0.2) is 33.8 Å². The highest BCUT2D eigenvalue weighted by Crippen LogP contribution is 2.18. The van der Waals surface area contributed by atoms with Crippen molar-refractivity contribution in [3.05, 3.63) is 35.2 Å². The van der Waals surface area contributed by atoms with Gasteiger partial charge in [0.1, 0.15) is 0 Å². The third kappa shape index (κ3) is 6.80. The van der Waals surface area contributed by atoms with Crippen molar-refractivity contribution in [3.63, 3.8) is 0 Å². The molecule has 0 aliphatic rings. The van der Waals surface area contributed by atoms with E-state index in [4.69, 9.17) is 16.1 Å². The molecule has 154 valence electrons. The van der Waals surface area contributed by atoms with Crippen molar-refractivity contribution in [2.75, 3.05) is 26.7 Å². The van der Waals surface area contributed by atoms with Crippen LogP contribution in [-0.2, 0) is 6.42 Å². The number of guanidine groups is 1. The zero-order chi connectivity index (χ0) is 20.5. The summed E-state index contributed by atoms with van der Waals surface area (Å²) in [5, 5.41) is 11.3. The fourth-order valence-corrected chi connectivity index (χ4v) is 3.12. The minimum atomic E-state index is 0.518. The number of hydrogen-bond donors (Lipinski definition) is 2. The number of hydrogen-bond acceptors (Lipinski definition) is 5. The number of benzene rings is 1. The summed E-state index contributed by atoms with van der Waals surface area (Å²) in [5.74, 6) is 1.92. The molecule has 0 bridgehead atoms. The van der Waals surface area contributed by atoms with E-state index >= 15 is 0 Å². The fraction of sp³-hybridized carbons (Fsp3) is 0.550. The average Bonchev–Trinajstić information content (AvgIpc) is 3.12. The van der Waals surface area contributed by atoms with E-state index in [1.54, 1.807) is 7.05 Å². The van der Waals surface area contributed by atoms with Crippen molar-refractivity contribution in [3.8, 4) is 11.4 Å². The van der Waals surface area contributed by atoms with Crippen LogP contribution < -0.4 is 10.6 Å². The molecule has 1 aromatic heterocycles. The summed E-state index contributed by atoms with van der Waals surface area (Å²) < 4.78 is 5.33. The van der Waals surface area contributed by atoms with Gasteiger partial charge in [-0.05, 0) is 52.0 Å². The predicted molar refractivity (Wildman–Crippen MR) is 115 cm³/mol. The van der Waals surface area contributed by atoms with E-state index in [2.05, 4.69) is 58.4 Å². The topological polar surface area (TPSA) is 78.6 Å². The van der Waals surface area contributed by atoms with Gasteiger partial charge in [-0.2, -0.15) is 4.98 Å². The van der Waals surface area contributed by atoms with Gasteiger partial charge in [-0.15, -0.1) is 0 Å². The lowest BCUT2D eigenvalue weighted by Gasteiger charge is -2.30. The molecule has 1 aromatic carbocycles. The highest BCUT2D eigenvalue weighted by atomic mass is 35.5. The number of rotatable bonds is 9. The van der Waals surface area contributed by atoms with E-state index < -0.39 is 0 Å². The number of nitrogens with one attached hydrogen (secondary N) is 2. The van der Waals surface area contributed by atoms with E-state index in [-0.39, 0.29) is 0 Å². The molecule has 0 amide bonds. The van der Waals surface area contributed by atoms with Crippen LogP contribution in [0.3, 0.4) is 0 Å². The van der Waals surface area contributed by atoms with E-state index in [0.717, 1.165) is 24.6 Å². The summed E-state index contributed by atoms with van der Waals surface area (Å²) in [5.41, 5.74) is 0.879. The minimum Gasteiger partial charge on any atom is -0.356 e. The third-order valence-corrected chi connectivity index (χ3v) is 4.67. The monoisotopic (exact) mass is 406 g/mol. The van der Waals surface area contributed by atoms with Gasteiger partial charge in [0.15, 0.2) is 5.96 Å². The van der Waals surface area contributed by atoms with Crippen LogP contribution in [0.25, 0.3) is 11.4 Å². The molecule has 0 fully saturated rings. The second-order valence-electron chi connectivity index (χ2n) is 7.12. The van der Waals surface area contributed by atoms with Crippen molar-refractivity contribution in [1.29, 1.82) is 0 Å². The number of nitrogens with zero attached hydrogens (tertiary/aromatic N) is 4. The van der Waals surface area contributed by atoms with E-state index in [9.17, 15) is 0 Å². The number of aliphatic imine (C=N–C) groups is 1. The van der Waals surface area contributed by atoms with Crippen LogP contribution >= 0.6 is 11.6 Å². The van der Waals surface area contributed by atoms with Crippen molar-refractivity contribution < 1.29 is 4.52 Å². The Morgan fingerprint density at radius 2 is 1.75 bits per heavy atom. The molecule has 28 heavy (non-hydrogen) atoms. The maximum atomic E-state index is 5.91. The molecule has 0 atom stereocenters. The summed E-state index contributed by atoms with van der Waals surface area (Å²) in [4.78, 5) is 11.1. The van der Waals surface area contributed by atoms with E-state index in [0.29, 0.717) is 41.8 Å². The quantitative estimate of drug-likeness (QED) is 0.491. The van der Waals surface area contributed by atoms with Gasteiger partial charge in [0.25, 0.3) is 0 Å². The summed E-state index contributed by atoms with van der Waals surface area (Å²) >= 11 is 5.91. The van der Waals surface area contributed by atoms with Gasteiger partial charge in [-0.25, -0.2) is 0 Å². The first-order valence-electron chi connectivity index (χ1n) is 9.69. The van der Waals surface area contributed by atoms with Crippen LogP contribution in [0, 0.1) is 0 Å². The molecule has 0 aliphatic heterocycles. The Morgan fingerprint density at radius 3 is 2.36 bits per heavy atom. The molecule has 0 aliphatic carbocycles. The molecule has 0 saturated carbocycles. The van der Waals surface area contributed by atoms with Gasteiger partial charge in [-0.1, -0.05) is 16.8 Å². The van der Waals surface area contributed by atoms with Gasteiger partial charge < -0.3 is 15.2 Å². The highest BCUT2D eigenvalue weighted by Gasteiger charge is 2.13. The maximum absolute atomic E-state index is 5.91. The summed E-state index contributed by atoms with van der Waals surface area (Å²) in [6.07, 6.45) is 0.616. The zero-order valence-electron chi connectivity index (χ0n) is 17.4. The second kappa shape index (κ2) is 11.0. The van der Waals surface area contributed by atoms with Crippen molar-refractivity contribution in [2.45, 2.75) is 46.2 Å². The van der Waals surface area contributed by atoms with Crippen molar-refractivity contribution >= 4 is 17.6 Å². The van der Waals surface area contributed by atoms with Crippen molar-refractivity contribution in [2.24, 2.45) is 4.99 Å². The largest absolute Gasteiger partial charge is 0.356 e. The Morgan fingerprint density at radius 1 is 1.11 bits per heavy atom. The molecule has 0 saturated heterocycles. The first-order chi connectivity index (χ1) is 13.4. The molecule has 7 nitrogen and oxygen atoms in total. The Hall–Kier alpha value is -2.12. The smallest absolute Gasteiger partial charge is 0.228 e.